The van der Waals surface area contributed by atoms with Crippen molar-refractivity contribution in [1.29, 1.82) is 0 Å². The fourth-order valence-corrected chi connectivity index (χ4v) is 18.1. The fraction of sp³-hybridized carbons (Fsp3) is 0.155. The summed E-state index contributed by atoms with van der Waals surface area (Å²) >= 11 is 2.50. The van der Waals surface area contributed by atoms with Gasteiger partial charge in [-0.2, -0.15) is 0 Å². The molecule has 2 aliphatic rings. The van der Waals surface area contributed by atoms with Crippen LogP contribution in [0.2, 0.25) is 0 Å². The molecule has 0 saturated heterocycles. The molecule has 1 unspecified atom stereocenters. The predicted molar refractivity (Wildman–Crippen MR) is 548 cm³/mol. The molecule has 21 heteroatoms. The van der Waals surface area contributed by atoms with Gasteiger partial charge in [0.05, 0.1) is 45.4 Å². The van der Waals surface area contributed by atoms with Crippen molar-refractivity contribution in [3.63, 3.8) is 0 Å². The summed E-state index contributed by atoms with van der Waals surface area (Å²) in [7, 11) is -3.15. The molecule has 4 aromatic heterocycles. The van der Waals surface area contributed by atoms with Crippen LogP contribution in [0.3, 0.4) is 0 Å². The van der Waals surface area contributed by atoms with Gasteiger partial charge >= 0.3 is 123 Å². The Morgan fingerprint density at radius 3 is 0.825 bits per heavy atom. The van der Waals surface area contributed by atoms with Crippen LogP contribution < -0.4 is 71.8 Å². The second kappa shape index (κ2) is 45.3. The van der Waals surface area contributed by atoms with Crippen molar-refractivity contribution in [2.75, 3.05) is 10.2 Å². The van der Waals surface area contributed by atoms with Crippen LogP contribution in [-0.2, 0) is 22.1 Å². The van der Waals surface area contributed by atoms with Gasteiger partial charge in [0.2, 0.25) is 0 Å². The number of nitrogens with one attached hydrogen (secondary N) is 1. The third-order valence-electron chi connectivity index (χ3n) is 27.0. The van der Waals surface area contributed by atoms with Gasteiger partial charge in [-0.3, -0.25) is 0 Å². The van der Waals surface area contributed by atoms with Gasteiger partial charge in [-0.25, -0.2) is 58.9 Å². The molecule has 0 bridgehead atoms. The summed E-state index contributed by atoms with van der Waals surface area (Å²) < 4.78 is 26.9. The number of aromatic nitrogens is 10. The number of anilines is 5. The van der Waals surface area contributed by atoms with Crippen molar-refractivity contribution in [1.82, 2.24) is 49.8 Å². The van der Waals surface area contributed by atoms with E-state index < -0.39 is 14.1 Å². The van der Waals surface area contributed by atoms with Gasteiger partial charge in [0.25, 0.3) is 0 Å². The maximum atomic E-state index is 15.6. The first kappa shape index (κ1) is 101. The van der Waals surface area contributed by atoms with Gasteiger partial charge in [-0.1, -0.05) is 249 Å². The minimum absolute atomic E-state index is 0. The van der Waals surface area contributed by atoms with E-state index in [-0.39, 0.29) is 62.8 Å². The van der Waals surface area contributed by atoms with Crippen LogP contribution in [-0.4, -0.2) is 113 Å². The predicted octanol–water partition coefficient (Wildman–Crippen LogP) is 23.6. The molecular weight excluding hydrogens is 1790 g/mol. The summed E-state index contributed by atoms with van der Waals surface area (Å²) in [5, 5.41) is 12.3. The molecule has 0 fully saturated rings. The maximum absolute atomic E-state index is 15.6. The summed E-state index contributed by atoms with van der Waals surface area (Å²) in [5.41, 5.74) is 46.9. The summed E-state index contributed by atoms with van der Waals surface area (Å²) in [6, 6.07) is 95.7. The fourth-order valence-electron chi connectivity index (χ4n) is 18.1. The van der Waals surface area contributed by atoms with Crippen LogP contribution in [0.4, 0.5) is 32.8 Å². The van der Waals surface area contributed by atoms with Crippen molar-refractivity contribution in [2.45, 2.75) is 124 Å². The number of hydrogen-bond acceptors (Lipinski definition) is 16. The topological polar surface area (TPSA) is 217 Å². The molecule has 2 aliphatic heterocycles. The number of fused-ring (bicyclic) bond motifs is 4. The minimum atomic E-state index is -3.15. The van der Waals surface area contributed by atoms with Gasteiger partial charge in [0.15, 0.2) is 46.6 Å². The Kier molecular flexibility index (Phi) is 33.4. The quantitative estimate of drug-likeness (QED) is 0.0463. The van der Waals surface area contributed by atoms with Crippen molar-refractivity contribution in [3.05, 3.63) is 408 Å². The van der Waals surface area contributed by atoms with Crippen molar-refractivity contribution >= 4 is 99.8 Å². The Morgan fingerprint density at radius 2 is 0.518 bits per heavy atom. The van der Waals surface area contributed by atoms with Gasteiger partial charge in [-0.05, 0) is 269 Å². The van der Waals surface area contributed by atoms with Crippen LogP contribution in [0.15, 0.2) is 291 Å². The van der Waals surface area contributed by atoms with Crippen molar-refractivity contribution < 1.29 is 75.2 Å². The van der Waals surface area contributed by atoms with Gasteiger partial charge in [-0.15, -0.1) is 0 Å². The molecule has 14 aromatic carbocycles. The van der Waals surface area contributed by atoms with Crippen LogP contribution in [0, 0.1) is 117 Å². The van der Waals surface area contributed by atoms with E-state index >= 15 is 4.39 Å². The van der Waals surface area contributed by atoms with E-state index in [0.717, 1.165) is 96.8 Å². The van der Waals surface area contributed by atoms with E-state index in [1.807, 2.05) is 188 Å². The summed E-state index contributed by atoms with van der Waals surface area (Å²) in [5.74, 6) is 3.78. The monoisotopic (exact) mass is 1890 g/mol. The number of hydrogen-bond donors (Lipinski definition) is 1. The van der Waals surface area contributed by atoms with Crippen LogP contribution in [0.5, 0.6) is 0 Å². The molecule has 0 saturated carbocycles. The molecule has 6 heterocycles. The Labute approximate surface area is 890 Å². The average molecular weight is 1890 g/mol. The van der Waals surface area contributed by atoms with Gasteiger partial charge in [0.1, 0.15) is 5.82 Å². The summed E-state index contributed by atoms with van der Waals surface area (Å²) in [4.78, 5) is 61.7. The first-order chi connectivity index (χ1) is 65.8. The number of halogens is 1. The van der Waals surface area contributed by atoms with Crippen LogP contribution in [0.1, 0.15) is 111 Å². The second-order valence-corrected chi connectivity index (χ2v) is 35.0. The third kappa shape index (κ3) is 21.7. The summed E-state index contributed by atoms with van der Waals surface area (Å²) in [6.07, 6.45) is 1.92. The summed E-state index contributed by atoms with van der Waals surface area (Å²) in [6.45, 7) is 36.3. The Balaban J connectivity index is 0.000000167. The molecule has 0 radical (unpaired) electrons. The van der Waals surface area contributed by atoms with Gasteiger partial charge in [0, 0.05) is 85.4 Å². The molecule has 16 nitrogen and oxygen atoms in total. The third-order valence-corrected chi connectivity index (χ3v) is 27.1. The molecular formula is C116H101FK3N12O4P. The number of benzene rings is 14. The Bertz CT molecular complexity index is 7110. The SMILES string of the molecule is Cc1c(C)c(C)c2c(c1C)Cc1c(C)c(C)c(C)c(C)c1N2.Cc1c(C)c(C)c2c(c1C)Cc1c(C)c(C)c(C)c(C)c1N2c1ccc(-c2cc(-c3ccccc3)nc(-c3ccccc3)n2)cc1-c1nc(-c2ccccc2)nc(-c2ccccc2)n1.Fc1ccc(-c2cc(-c3ccccc3)nc(-c3ccccc3)n2)cc1-c1nc(-c2ccccc2)nc(-c2ccccc2)n1.O=[P+]([O-])O[O-].[K+].[K][K]. The first-order valence-electron chi connectivity index (χ1n) is 45.9. The zero-order chi connectivity index (χ0) is 95.9. The molecule has 0 amide bonds. The first-order valence-corrected chi connectivity index (χ1v) is 63.0. The molecule has 664 valence electrons. The van der Waals surface area contributed by atoms with E-state index in [2.05, 4.69) is 211 Å². The molecule has 0 aliphatic carbocycles. The zero-order valence-corrected chi connectivity index (χ0v) is 91.3. The molecule has 20 rings (SSSR count). The molecule has 0 spiro atoms. The average Bonchev–Trinajstić information content (AvgIpc) is 0.709. The van der Waals surface area contributed by atoms with Gasteiger partial charge < -0.3 is 20.4 Å². The molecule has 137 heavy (non-hydrogen) atoms. The van der Waals surface area contributed by atoms with E-state index in [1.54, 1.807) is 12.1 Å². The van der Waals surface area contributed by atoms with Crippen LogP contribution >= 0.6 is 8.25 Å². The zero-order valence-electron chi connectivity index (χ0n) is 81.0. The van der Waals surface area contributed by atoms with E-state index in [9.17, 15) is 0 Å². The molecule has 18 aromatic rings. The van der Waals surface area contributed by atoms with E-state index in [0.29, 0.717) is 46.5 Å². The number of rotatable bonds is 14. The molecule has 1 atom stereocenters. The number of nitrogens with zero attached hydrogens (tertiary/aromatic N) is 11. The molecule has 1 N–H and O–H groups in total. The van der Waals surface area contributed by atoms with Crippen molar-refractivity contribution in [2.24, 2.45) is 0 Å². The van der Waals surface area contributed by atoms with E-state index in [1.165, 1.54) is 203 Å². The Morgan fingerprint density at radius 1 is 0.285 bits per heavy atom. The van der Waals surface area contributed by atoms with Crippen LogP contribution in [0.25, 0.3) is 136 Å². The van der Waals surface area contributed by atoms with E-state index in [4.69, 9.17) is 64.6 Å². The Hall–Kier alpha value is -10.3. The normalized spacial score (nSPS) is 11.5. The second-order valence-electron chi connectivity index (χ2n) is 34.4. The van der Waals surface area contributed by atoms with Crippen molar-refractivity contribution in [3.8, 4) is 136 Å². The standard InChI is InChI=1S/C58H50N6.C37H24FN5.C21H27N.3K.HO4P/c1-34-36(3)40(7)53-47(38(34)5)32-48-39(6)35(2)37(4)41(8)54(48)64(53)52-30-29-46(51-33-50(42-21-13-9-14-22-42)59-55(60-51)43-23-15-10-16-24-43)31-49(52)58-62-56(44-25-17-11-18-26-44)61-57(63-58)45-27-19-12-20-28-45;38-31-22-21-29(33-24-32(25-13-5-1-6-14-25)39-34(40-33)26-15-7-2-8-16-26)23-30(31)37-42-35(27-17-9-3-10-18-27)41-36(43-37)28-19-11-4-12-20-28;1-10-12(3)16(7)20-18(14(10)5)9-19-15(6)11(2)13(4)17(8)21(19)22-20;;;;1-4-5(2)3/h9-31,33H,32H2,1-8H3;1-24H;22H,9H2,1-8H3;;;;1H/q;;;;;+1;/p-1.